The minimum atomic E-state index is 0.0582. The molecule has 80 valence electrons. The number of amides is 1. The summed E-state index contributed by atoms with van der Waals surface area (Å²) in [5.41, 5.74) is 6.56. The zero-order chi connectivity index (χ0) is 10.7. The Hall–Kier alpha value is -1.78. The zero-order valence-electron chi connectivity index (χ0n) is 8.44. The van der Waals surface area contributed by atoms with E-state index < -0.39 is 0 Å². The smallest absolute Gasteiger partial charge is 0.239 e. The van der Waals surface area contributed by atoms with Crippen molar-refractivity contribution in [1.29, 1.82) is 0 Å². The molecule has 1 saturated heterocycles. The van der Waals surface area contributed by atoms with Crippen molar-refractivity contribution in [2.24, 2.45) is 0 Å². The van der Waals surface area contributed by atoms with Gasteiger partial charge in [0.25, 0.3) is 0 Å². The minimum Gasteiger partial charge on any atom is -0.384 e. The molecule has 0 aliphatic carbocycles. The minimum absolute atomic E-state index is 0.0582. The third kappa shape index (κ3) is 2.37. The van der Waals surface area contributed by atoms with E-state index in [1.165, 1.54) is 0 Å². The lowest BCUT2D eigenvalue weighted by Gasteiger charge is -2.21. The van der Waals surface area contributed by atoms with Gasteiger partial charge >= 0.3 is 0 Å². The van der Waals surface area contributed by atoms with Gasteiger partial charge in [0.1, 0.15) is 5.82 Å². The second-order valence-electron chi connectivity index (χ2n) is 3.56. The Morgan fingerprint density at radius 1 is 1.53 bits per heavy atom. The normalized spacial score (nSPS) is 17.1. The maximum Gasteiger partial charge on any atom is 0.239 e. The van der Waals surface area contributed by atoms with Crippen LogP contribution in [0.25, 0.3) is 0 Å². The second-order valence-corrected chi connectivity index (χ2v) is 3.56. The first-order chi connectivity index (χ1) is 7.25. The van der Waals surface area contributed by atoms with Crippen molar-refractivity contribution in [2.75, 3.05) is 30.3 Å². The molecule has 5 heteroatoms. The number of carbonyl (C=O) groups is 1. The number of nitrogen functional groups attached to an aromatic ring is 1. The lowest BCUT2D eigenvalue weighted by atomic mass is 10.3. The Balaban J connectivity index is 2.18. The summed E-state index contributed by atoms with van der Waals surface area (Å²) < 4.78 is 0. The summed E-state index contributed by atoms with van der Waals surface area (Å²) in [6.07, 6.45) is 2.61. The van der Waals surface area contributed by atoms with Gasteiger partial charge in [0.05, 0.1) is 6.54 Å². The number of nitrogens with two attached hydrogens (primary N) is 1. The highest BCUT2D eigenvalue weighted by Crippen LogP contribution is 2.16. The summed E-state index contributed by atoms with van der Waals surface area (Å²) in [4.78, 5) is 17.3. The maximum atomic E-state index is 11.4. The van der Waals surface area contributed by atoms with Crippen LogP contribution in [0.4, 0.5) is 11.5 Å². The molecule has 15 heavy (non-hydrogen) atoms. The van der Waals surface area contributed by atoms with E-state index in [-0.39, 0.29) is 5.91 Å². The van der Waals surface area contributed by atoms with Gasteiger partial charge in [-0.1, -0.05) is 0 Å². The van der Waals surface area contributed by atoms with Gasteiger partial charge in [0, 0.05) is 31.0 Å². The molecule has 0 spiro atoms. The molecule has 1 fully saturated rings. The van der Waals surface area contributed by atoms with Crippen LogP contribution >= 0.6 is 0 Å². The fourth-order valence-electron chi connectivity index (χ4n) is 1.66. The molecule has 3 N–H and O–H groups in total. The molecule has 0 atom stereocenters. The van der Waals surface area contributed by atoms with Gasteiger partial charge in [-0.2, -0.15) is 0 Å². The Morgan fingerprint density at radius 3 is 3.20 bits per heavy atom. The largest absolute Gasteiger partial charge is 0.384 e. The zero-order valence-corrected chi connectivity index (χ0v) is 8.44. The molecule has 1 amide bonds. The highest BCUT2D eigenvalue weighted by atomic mass is 16.2. The van der Waals surface area contributed by atoms with Crippen LogP contribution in [0.15, 0.2) is 18.3 Å². The van der Waals surface area contributed by atoms with E-state index in [0.717, 1.165) is 25.2 Å². The van der Waals surface area contributed by atoms with Crippen LogP contribution in [0.2, 0.25) is 0 Å². The molecule has 0 bridgehead atoms. The summed E-state index contributed by atoms with van der Waals surface area (Å²) in [7, 11) is 0. The first-order valence-electron chi connectivity index (χ1n) is 4.99. The van der Waals surface area contributed by atoms with Crippen LogP contribution in [0.1, 0.15) is 6.42 Å². The number of rotatable bonds is 1. The molecule has 0 saturated carbocycles. The van der Waals surface area contributed by atoms with Crippen molar-refractivity contribution in [1.82, 2.24) is 10.3 Å². The predicted molar refractivity (Wildman–Crippen MR) is 58.5 cm³/mol. The monoisotopic (exact) mass is 206 g/mol. The third-order valence-electron chi connectivity index (χ3n) is 2.39. The number of aromatic nitrogens is 1. The van der Waals surface area contributed by atoms with Gasteiger partial charge in [-0.15, -0.1) is 0 Å². The number of hydrogen-bond donors (Lipinski definition) is 2. The van der Waals surface area contributed by atoms with Crippen molar-refractivity contribution in [3.63, 3.8) is 0 Å². The molecule has 0 unspecified atom stereocenters. The van der Waals surface area contributed by atoms with Gasteiger partial charge < -0.3 is 16.0 Å². The van der Waals surface area contributed by atoms with Crippen molar-refractivity contribution in [3.05, 3.63) is 18.3 Å². The summed E-state index contributed by atoms with van der Waals surface area (Å²) in [5.74, 6) is 0.542. The summed E-state index contributed by atoms with van der Waals surface area (Å²) in [6.45, 7) is 2.00. The molecule has 2 heterocycles. The van der Waals surface area contributed by atoms with Gasteiger partial charge in [-0.05, 0) is 12.5 Å². The van der Waals surface area contributed by atoms with Gasteiger partial charge in [-0.3, -0.25) is 4.79 Å². The second kappa shape index (κ2) is 4.16. The maximum absolute atomic E-state index is 11.4. The molecule has 1 aliphatic heterocycles. The number of pyridine rings is 1. The van der Waals surface area contributed by atoms with E-state index in [0.29, 0.717) is 12.4 Å². The van der Waals surface area contributed by atoms with Crippen LogP contribution in [0, 0.1) is 0 Å². The van der Waals surface area contributed by atoms with E-state index in [4.69, 9.17) is 5.73 Å². The average molecular weight is 206 g/mol. The van der Waals surface area contributed by atoms with Gasteiger partial charge in [-0.25, -0.2) is 4.98 Å². The Labute approximate surface area is 88.3 Å². The molecule has 1 aromatic rings. The SMILES string of the molecule is Nc1cc(N2CCCNC(=O)C2)ccn1. The van der Waals surface area contributed by atoms with E-state index in [2.05, 4.69) is 10.3 Å². The highest BCUT2D eigenvalue weighted by Gasteiger charge is 2.14. The first-order valence-corrected chi connectivity index (χ1v) is 4.99. The molecule has 0 radical (unpaired) electrons. The molecular formula is C10H14N4O. The van der Waals surface area contributed by atoms with Crippen molar-refractivity contribution in [3.8, 4) is 0 Å². The number of carbonyl (C=O) groups excluding carboxylic acids is 1. The third-order valence-corrected chi connectivity index (χ3v) is 2.39. The fraction of sp³-hybridized carbons (Fsp3) is 0.400. The van der Waals surface area contributed by atoms with Crippen molar-refractivity contribution in [2.45, 2.75) is 6.42 Å². The molecule has 5 nitrogen and oxygen atoms in total. The van der Waals surface area contributed by atoms with E-state index in [9.17, 15) is 4.79 Å². The highest BCUT2D eigenvalue weighted by molar-refractivity contribution is 5.81. The number of hydrogen-bond acceptors (Lipinski definition) is 4. The van der Waals surface area contributed by atoms with Crippen LogP contribution in [0.3, 0.4) is 0 Å². The van der Waals surface area contributed by atoms with Crippen molar-refractivity contribution < 1.29 is 4.79 Å². The molecule has 1 aromatic heterocycles. The quantitative estimate of drug-likeness (QED) is 0.678. The van der Waals surface area contributed by atoms with Gasteiger partial charge in [0.2, 0.25) is 5.91 Å². The predicted octanol–water partition coefficient (Wildman–Crippen LogP) is -0.00990. The topological polar surface area (TPSA) is 71.2 Å². The standard InChI is InChI=1S/C10H14N4O/c11-9-6-8(2-4-12-9)14-5-1-3-13-10(15)7-14/h2,4,6H,1,3,5,7H2,(H2,11,12)(H,13,15). The Bertz CT molecular complexity index is 366. The van der Waals surface area contributed by atoms with Gasteiger partial charge in [0.15, 0.2) is 0 Å². The molecule has 0 aromatic carbocycles. The Kier molecular flexibility index (Phi) is 2.71. The van der Waals surface area contributed by atoms with Crippen LogP contribution in [-0.2, 0) is 4.79 Å². The van der Waals surface area contributed by atoms with Crippen LogP contribution in [0.5, 0.6) is 0 Å². The van der Waals surface area contributed by atoms with E-state index in [1.807, 2.05) is 11.0 Å². The summed E-state index contributed by atoms with van der Waals surface area (Å²) >= 11 is 0. The fourth-order valence-corrected chi connectivity index (χ4v) is 1.66. The lowest BCUT2D eigenvalue weighted by molar-refractivity contribution is -0.119. The number of nitrogens with one attached hydrogen (secondary N) is 1. The van der Waals surface area contributed by atoms with Crippen LogP contribution < -0.4 is 16.0 Å². The van der Waals surface area contributed by atoms with E-state index >= 15 is 0 Å². The molecule has 1 aliphatic rings. The van der Waals surface area contributed by atoms with E-state index in [1.54, 1.807) is 12.3 Å². The summed E-state index contributed by atoms with van der Waals surface area (Å²) in [5, 5.41) is 2.83. The van der Waals surface area contributed by atoms with Crippen LogP contribution in [-0.4, -0.2) is 30.5 Å². The first kappa shape index (κ1) is 9.76. The summed E-state index contributed by atoms with van der Waals surface area (Å²) in [6, 6.07) is 3.66. The van der Waals surface area contributed by atoms with Crippen molar-refractivity contribution >= 4 is 17.4 Å². The molecule has 2 rings (SSSR count). The lowest BCUT2D eigenvalue weighted by Crippen LogP contribution is -2.33. The number of nitrogens with zero attached hydrogens (tertiary/aromatic N) is 2. The average Bonchev–Trinajstić information content (AvgIpc) is 2.43. The number of anilines is 2. The molecular weight excluding hydrogens is 192 g/mol. The Morgan fingerprint density at radius 2 is 2.40 bits per heavy atom.